The van der Waals surface area contributed by atoms with E-state index in [-0.39, 0.29) is 27.0 Å². The van der Waals surface area contributed by atoms with Crippen LogP contribution in [-0.2, 0) is 17.5 Å². The van der Waals surface area contributed by atoms with Crippen molar-refractivity contribution in [3.05, 3.63) is 39.7 Å². The monoisotopic (exact) mass is 473 g/mol. The molecule has 3 aromatic rings. The number of alkyl halides is 5. The quantitative estimate of drug-likeness (QED) is 0.519. The fourth-order valence-electron chi connectivity index (χ4n) is 3.39. The van der Waals surface area contributed by atoms with Crippen LogP contribution >= 0.6 is 11.3 Å². The second-order valence-electron chi connectivity index (χ2n) is 7.44. The Balaban J connectivity index is 1.72. The molecule has 0 radical (unpaired) electrons. The lowest BCUT2D eigenvalue weighted by atomic mass is 10.0. The van der Waals surface area contributed by atoms with Crippen molar-refractivity contribution < 1.29 is 31.5 Å². The van der Waals surface area contributed by atoms with Gasteiger partial charge in [0, 0.05) is 11.1 Å². The number of carbonyl (C=O) groups excluding carboxylic acids is 2. The molecule has 0 bridgehead atoms. The zero-order valence-corrected chi connectivity index (χ0v) is 17.3. The lowest BCUT2D eigenvalue weighted by Gasteiger charge is -2.11. The van der Waals surface area contributed by atoms with Crippen molar-refractivity contribution in [2.45, 2.75) is 44.8 Å². The molecule has 1 aliphatic carbocycles. The SMILES string of the molecule is Cc1cc(C(F)(F)F)nn1CC(=O)Nc1c(C(N)=O)sc2nc(C(F)F)cc(C3CC3)c12. The molecule has 13 heteroatoms. The van der Waals surface area contributed by atoms with E-state index in [0.717, 1.165) is 34.9 Å². The van der Waals surface area contributed by atoms with Crippen molar-refractivity contribution in [3.63, 3.8) is 0 Å². The number of nitrogens with zero attached hydrogens (tertiary/aromatic N) is 3. The molecule has 7 nitrogen and oxygen atoms in total. The summed E-state index contributed by atoms with van der Waals surface area (Å²) in [6, 6.07) is 2.06. The maximum absolute atomic E-state index is 13.3. The fourth-order valence-corrected chi connectivity index (χ4v) is 4.41. The van der Waals surface area contributed by atoms with E-state index < -0.39 is 42.3 Å². The largest absolute Gasteiger partial charge is 0.435 e. The summed E-state index contributed by atoms with van der Waals surface area (Å²) < 4.78 is 66.1. The Hall–Kier alpha value is -3.09. The number of fused-ring (bicyclic) bond motifs is 1. The summed E-state index contributed by atoms with van der Waals surface area (Å²) in [5.74, 6) is -1.67. The third-order valence-corrected chi connectivity index (χ3v) is 6.10. The average molecular weight is 473 g/mol. The molecule has 0 aliphatic heterocycles. The predicted molar refractivity (Wildman–Crippen MR) is 106 cm³/mol. The lowest BCUT2D eigenvalue weighted by molar-refractivity contribution is -0.141. The van der Waals surface area contributed by atoms with Crippen LogP contribution in [0.2, 0.25) is 0 Å². The van der Waals surface area contributed by atoms with Gasteiger partial charge in [0.15, 0.2) is 5.69 Å². The first kappa shape index (κ1) is 22.1. The highest BCUT2D eigenvalue weighted by Gasteiger charge is 2.35. The van der Waals surface area contributed by atoms with E-state index in [1.807, 2.05) is 0 Å². The first-order chi connectivity index (χ1) is 15.0. The number of aromatic nitrogens is 3. The molecule has 0 spiro atoms. The van der Waals surface area contributed by atoms with Crippen LogP contribution in [0.4, 0.5) is 27.6 Å². The molecule has 3 heterocycles. The van der Waals surface area contributed by atoms with Gasteiger partial charge in [0.05, 0.1) is 5.69 Å². The van der Waals surface area contributed by atoms with Crippen LogP contribution < -0.4 is 11.1 Å². The third-order valence-electron chi connectivity index (χ3n) is 5.01. The molecule has 3 aromatic heterocycles. The van der Waals surface area contributed by atoms with Crippen molar-refractivity contribution in [1.82, 2.24) is 14.8 Å². The molecule has 1 fully saturated rings. The Morgan fingerprint density at radius 3 is 2.53 bits per heavy atom. The molecule has 1 aliphatic rings. The van der Waals surface area contributed by atoms with E-state index in [1.54, 1.807) is 0 Å². The van der Waals surface area contributed by atoms with Gasteiger partial charge in [0.25, 0.3) is 12.3 Å². The molecule has 0 aromatic carbocycles. The van der Waals surface area contributed by atoms with Crippen molar-refractivity contribution in [3.8, 4) is 0 Å². The van der Waals surface area contributed by atoms with E-state index in [9.17, 15) is 31.5 Å². The highest BCUT2D eigenvalue weighted by atomic mass is 32.1. The van der Waals surface area contributed by atoms with Crippen LogP contribution in [0, 0.1) is 6.92 Å². The summed E-state index contributed by atoms with van der Waals surface area (Å²) in [5, 5.41) is 6.26. The minimum atomic E-state index is -4.66. The van der Waals surface area contributed by atoms with E-state index in [4.69, 9.17) is 5.73 Å². The standard InChI is InChI=1S/C19H16F5N5O2S/c1-7-4-11(19(22,23)24)28-29(7)6-12(30)27-14-13-9(8-2-3-8)5-10(16(20)21)26-18(13)32-15(14)17(25)31/h4-5,8,16H,2-3,6H2,1H3,(H2,25,31)(H,27,30). The topological polar surface area (TPSA) is 103 Å². The minimum absolute atomic E-state index is 0.0216. The highest BCUT2D eigenvalue weighted by molar-refractivity contribution is 7.21. The van der Waals surface area contributed by atoms with Gasteiger partial charge in [0.1, 0.15) is 21.9 Å². The van der Waals surface area contributed by atoms with E-state index >= 15 is 0 Å². The van der Waals surface area contributed by atoms with Gasteiger partial charge in [-0.1, -0.05) is 0 Å². The summed E-state index contributed by atoms with van der Waals surface area (Å²) in [5.41, 5.74) is 4.51. The number of carbonyl (C=O) groups is 2. The van der Waals surface area contributed by atoms with Crippen LogP contribution in [0.1, 0.15) is 57.5 Å². The summed E-state index contributed by atoms with van der Waals surface area (Å²) >= 11 is 0.777. The van der Waals surface area contributed by atoms with E-state index in [1.165, 1.54) is 13.0 Å². The number of anilines is 1. The number of primary amides is 1. The molecule has 1 saturated carbocycles. The van der Waals surface area contributed by atoms with Crippen molar-refractivity contribution in [1.29, 1.82) is 0 Å². The number of amides is 2. The molecule has 0 atom stereocenters. The second-order valence-corrected chi connectivity index (χ2v) is 8.44. The molecule has 0 saturated heterocycles. The van der Waals surface area contributed by atoms with Crippen molar-refractivity contribution in [2.24, 2.45) is 5.73 Å². The fraction of sp³-hybridized carbons (Fsp3) is 0.368. The average Bonchev–Trinajstić information content (AvgIpc) is 3.38. The number of pyridine rings is 1. The molecule has 170 valence electrons. The Bertz CT molecular complexity index is 1230. The first-order valence-electron chi connectivity index (χ1n) is 9.42. The normalized spacial score (nSPS) is 14.3. The molecule has 3 N–H and O–H groups in total. The number of hydrogen-bond acceptors (Lipinski definition) is 5. The Labute approximate surface area is 181 Å². The van der Waals surface area contributed by atoms with Crippen molar-refractivity contribution in [2.75, 3.05) is 5.32 Å². The van der Waals surface area contributed by atoms with Gasteiger partial charge in [-0.15, -0.1) is 11.3 Å². The molecule has 32 heavy (non-hydrogen) atoms. The number of aryl methyl sites for hydroxylation is 1. The predicted octanol–water partition coefficient (Wildman–Crippen LogP) is 4.37. The van der Waals surface area contributed by atoms with Gasteiger partial charge in [-0.2, -0.15) is 18.3 Å². The smallest absolute Gasteiger partial charge is 0.365 e. The Morgan fingerprint density at radius 2 is 2.00 bits per heavy atom. The van der Waals surface area contributed by atoms with Gasteiger partial charge in [-0.05, 0) is 43.4 Å². The number of rotatable bonds is 6. The molecule has 2 amide bonds. The Kier molecular flexibility index (Phi) is 5.39. The molecule has 0 unspecified atom stereocenters. The minimum Gasteiger partial charge on any atom is -0.365 e. The summed E-state index contributed by atoms with van der Waals surface area (Å²) in [6.45, 7) is 0.810. The van der Waals surface area contributed by atoms with Crippen LogP contribution in [0.15, 0.2) is 12.1 Å². The third kappa shape index (κ3) is 4.16. The molecular weight excluding hydrogens is 457 g/mol. The lowest BCUT2D eigenvalue weighted by Crippen LogP contribution is -2.22. The maximum atomic E-state index is 13.3. The van der Waals surface area contributed by atoms with Gasteiger partial charge >= 0.3 is 6.18 Å². The second kappa shape index (κ2) is 7.80. The summed E-state index contributed by atoms with van der Waals surface area (Å²) in [6.07, 6.45) is -5.98. The number of nitrogens with two attached hydrogens (primary N) is 1. The van der Waals surface area contributed by atoms with E-state index in [0.29, 0.717) is 10.9 Å². The Morgan fingerprint density at radius 1 is 1.31 bits per heavy atom. The van der Waals surface area contributed by atoms with Crippen molar-refractivity contribution >= 4 is 39.1 Å². The van der Waals surface area contributed by atoms with Crippen LogP contribution in [-0.4, -0.2) is 26.6 Å². The number of thiophene rings is 1. The summed E-state index contributed by atoms with van der Waals surface area (Å²) in [4.78, 5) is 28.6. The van der Waals surface area contributed by atoms with Crippen LogP contribution in [0.3, 0.4) is 0 Å². The summed E-state index contributed by atoms with van der Waals surface area (Å²) in [7, 11) is 0. The van der Waals surface area contributed by atoms with Gasteiger partial charge < -0.3 is 11.1 Å². The zero-order chi connectivity index (χ0) is 23.4. The van der Waals surface area contributed by atoms with Gasteiger partial charge in [-0.3, -0.25) is 14.3 Å². The van der Waals surface area contributed by atoms with Crippen LogP contribution in [0.5, 0.6) is 0 Å². The highest BCUT2D eigenvalue weighted by Crippen LogP contribution is 2.48. The number of halogens is 5. The van der Waals surface area contributed by atoms with Gasteiger partial charge in [-0.25, -0.2) is 13.8 Å². The molecule has 4 rings (SSSR count). The number of nitrogens with one attached hydrogen (secondary N) is 1. The van der Waals surface area contributed by atoms with Crippen LogP contribution in [0.25, 0.3) is 10.2 Å². The number of hydrogen-bond donors (Lipinski definition) is 2. The van der Waals surface area contributed by atoms with E-state index in [2.05, 4.69) is 15.4 Å². The molecular formula is C19H16F5N5O2S. The maximum Gasteiger partial charge on any atom is 0.435 e. The van der Waals surface area contributed by atoms with Gasteiger partial charge in [0.2, 0.25) is 5.91 Å². The zero-order valence-electron chi connectivity index (χ0n) is 16.5. The first-order valence-corrected chi connectivity index (χ1v) is 10.2.